The summed E-state index contributed by atoms with van der Waals surface area (Å²) in [6, 6.07) is 10.2. The van der Waals surface area contributed by atoms with Crippen molar-refractivity contribution in [2.24, 2.45) is 0 Å². The number of pyridine rings is 1. The molecule has 0 aliphatic carbocycles. The van der Waals surface area contributed by atoms with Gasteiger partial charge in [0.2, 0.25) is 0 Å². The van der Waals surface area contributed by atoms with E-state index in [0.29, 0.717) is 6.54 Å². The number of imidazole rings is 1. The van der Waals surface area contributed by atoms with Gasteiger partial charge in [0, 0.05) is 18.1 Å². The molecule has 0 amide bonds. The molecule has 96 valence electrons. The molecule has 0 saturated heterocycles. The number of H-pyrrole nitrogens is 1. The fourth-order valence-corrected chi connectivity index (χ4v) is 2.17. The average molecular weight is 252 g/mol. The summed E-state index contributed by atoms with van der Waals surface area (Å²) >= 11 is 0. The Kier molecular flexibility index (Phi) is 3.14. The van der Waals surface area contributed by atoms with Gasteiger partial charge < -0.3 is 10.3 Å². The Labute approximate surface area is 111 Å². The number of aromatic amines is 1. The molecule has 2 N–H and O–H groups in total. The minimum absolute atomic E-state index is 0.682. The van der Waals surface area contributed by atoms with Gasteiger partial charge in [-0.3, -0.25) is 4.98 Å². The van der Waals surface area contributed by atoms with Crippen molar-refractivity contribution in [3.05, 3.63) is 54.1 Å². The number of hydrogen-bond acceptors (Lipinski definition) is 3. The fourth-order valence-electron chi connectivity index (χ4n) is 2.17. The molecule has 0 spiro atoms. The van der Waals surface area contributed by atoms with Crippen LogP contribution >= 0.6 is 0 Å². The number of aryl methyl sites for hydroxylation is 1. The van der Waals surface area contributed by atoms with Gasteiger partial charge in [-0.2, -0.15) is 0 Å². The molecule has 0 atom stereocenters. The second-order valence-electron chi connectivity index (χ2n) is 4.44. The molecule has 0 saturated carbocycles. The lowest BCUT2D eigenvalue weighted by Gasteiger charge is -2.02. The van der Waals surface area contributed by atoms with Gasteiger partial charge in [-0.15, -0.1) is 0 Å². The fraction of sp³-hybridized carbons (Fsp3) is 0.200. The lowest BCUT2D eigenvalue weighted by atomic mass is 10.1. The molecule has 0 radical (unpaired) electrons. The van der Waals surface area contributed by atoms with Gasteiger partial charge in [0.15, 0.2) is 0 Å². The molecule has 1 aromatic carbocycles. The standard InChI is InChI=1S/C15H16N4/c1-2-11-4-3-5-13-15(11)19-14(18-13)10-17-12-6-8-16-9-7-12/h3-9H,2,10H2,1H3,(H,16,17)(H,18,19). The van der Waals surface area contributed by atoms with Crippen LogP contribution in [-0.2, 0) is 13.0 Å². The topological polar surface area (TPSA) is 53.6 Å². The minimum Gasteiger partial charge on any atom is -0.378 e. The second-order valence-corrected chi connectivity index (χ2v) is 4.44. The second kappa shape index (κ2) is 5.10. The zero-order chi connectivity index (χ0) is 13.1. The lowest BCUT2D eigenvalue weighted by Crippen LogP contribution is -2.00. The maximum atomic E-state index is 4.66. The molecule has 0 fully saturated rings. The van der Waals surface area contributed by atoms with Crippen molar-refractivity contribution < 1.29 is 0 Å². The first-order valence-corrected chi connectivity index (χ1v) is 6.47. The van der Waals surface area contributed by atoms with Gasteiger partial charge in [0.05, 0.1) is 17.6 Å². The van der Waals surface area contributed by atoms with Crippen LogP contribution in [-0.4, -0.2) is 15.0 Å². The van der Waals surface area contributed by atoms with E-state index >= 15 is 0 Å². The average Bonchev–Trinajstić information content (AvgIpc) is 2.89. The van der Waals surface area contributed by atoms with Crippen LogP contribution in [0.4, 0.5) is 5.69 Å². The molecule has 4 heteroatoms. The highest BCUT2D eigenvalue weighted by atomic mass is 15.0. The third-order valence-corrected chi connectivity index (χ3v) is 3.17. The molecule has 0 bridgehead atoms. The quantitative estimate of drug-likeness (QED) is 0.750. The third kappa shape index (κ3) is 2.42. The molecule has 2 heterocycles. The van der Waals surface area contributed by atoms with Gasteiger partial charge in [-0.05, 0) is 30.2 Å². The number of rotatable bonds is 4. The van der Waals surface area contributed by atoms with Crippen LogP contribution in [0.1, 0.15) is 18.3 Å². The van der Waals surface area contributed by atoms with Crippen molar-refractivity contribution in [1.29, 1.82) is 0 Å². The van der Waals surface area contributed by atoms with E-state index in [2.05, 4.69) is 45.4 Å². The van der Waals surface area contributed by atoms with Crippen molar-refractivity contribution in [3.8, 4) is 0 Å². The number of nitrogens with zero attached hydrogens (tertiary/aromatic N) is 2. The van der Waals surface area contributed by atoms with E-state index in [9.17, 15) is 0 Å². The van der Waals surface area contributed by atoms with Gasteiger partial charge in [-0.1, -0.05) is 19.1 Å². The largest absolute Gasteiger partial charge is 0.378 e. The molecule has 19 heavy (non-hydrogen) atoms. The zero-order valence-corrected chi connectivity index (χ0v) is 10.9. The van der Waals surface area contributed by atoms with E-state index in [1.54, 1.807) is 12.4 Å². The predicted octanol–water partition coefficient (Wildman–Crippen LogP) is 3.13. The first-order chi connectivity index (χ1) is 9.36. The minimum atomic E-state index is 0.682. The summed E-state index contributed by atoms with van der Waals surface area (Å²) in [4.78, 5) is 12.0. The highest BCUT2D eigenvalue weighted by Gasteiger charge is 2.05. The zero-order valence-electron chi connectivity index (χ0n) is 10.9. The molecule has 0 aliphatic heterocycles. The first kappa shape index (κ1) is 11.7. The Morgan fingerprint density at radius 3 is 2.79 bits per heavy atom. The van der Waals surface area contributed by atoms with Crippen LogP contribution in [0.3, 0.4) is 0 Å². The molecular formula is C15H16N4. The number of benzene rings is 1. The van der Waals surface area contributed by atoms with Gasteiger partial charge in [-0.25, -0.2) is 4.98 Å². The van der Waals surface area contributed by atoms with Crippen LogP contribution in [0.5, 0.6) is 0 Å². The maximum absolute atomic E-state index is 4.66. The van der Waals surface area contributed by atoms with Crippen molar-refractivity contribution in [2.75, 3.05) is 5.32 Å². The van der Waals surface area contributed by atoms with Crippen molar-refractivity contribution in [2.45, 2.75) is 19.9 Å². The molecule has 0 unspecified atom stereocenters. The van der Waals surface area contributed by atoms with Crippen LogP contribution in [0.25, 0.3) is 11.0 Å². The number of aromatic nitrogens is 3. The Bertz CT molecular complexity index is 673. The van der Waals surface area contributed by atoms with E-state index < -0.39 is 0 Å². The monoisotopic (exact) mass is 252 g/mol. The Balaban J connectivity index is 1.82. The van der Waals surface area contributed by atoms with E-state index in [1.807, 2.05) is 12.1 Å². The molecule has 0 aliphatic rings. The van der Waals surface area contributed by atoms with E-state index in [-0.39, 0.29) is 0 Å². The van der Waals surface area contributed by atoms with Gasteiger partial charge in [0.1, 0.15) is 5.82 Å². The van der Waals surface area contributed by atoms with Crippen LogP contribution < -0.4 is 5.32 Å². The summed E-state index contributed by atoms with van der Waals surface area (Å²) in [5.41, 5.74) is 4.51. The molecule has 4 nitrogen and oxygen atoms in total. The molecule has 3 rings (SSSR count). The smallest absolute Gasteiger partial charge is 0.126 e. The maximum Gasteiger partial charge on any atom is 0.126 e. The number of para-hydroxylation sites is 1. The van der Waals surface area contributed by atoms with E-state index in [1.165, 1.54) is 5.56 Å². The summed E-state index contributed by atoms with van der Waals surface area (Å²) in [6.45, 7) is 2.83. The molecule has 2 aromatic heterocycles. The first-order valence-electron chi connectivity index (χ1n) is 6.47. The lowest BCUT2D eigenvalue weighted by molar-refractivity contribution is 1.01. The third-order valence-electron chi connectivity index (χ3n) is 3.17. The number of nitrogens with one attached hydrogen (secondary N) is 2. The molecule has 3 aromatic rings. The number of anilines is 1. The summed E-state index contributed by atoms with van der Waals surface area (Å²) in [6.07, 6.45) is 4.55. The van der Waals surface area contributed by atoms with E-state index in [4.69, 9.17) is 0 Å². The van der Waals surface area contributed by atoms with E-state index in [0.717, 1.165) is 29.0 Å². The SMILES string of the molecule is CCc1cccc2[nH]c(CNc3ccncc3)nc12. The predicted molar refractivity (Wildman–Crippen MR) is 77.0 cm³/mol. The normalized spacial score (nSPS) is 10.8. The van der Waals surface area contributed by atoms with Crippen molar-refractivity contribution in [1.82, 2.24) is 15.0 Å². The van der Waals surface area contributed by atoms with Crippen LogP contribution in [0, 0.1) is 0 Å². The Morgan fingerprint density at radius 1 is 1.16 bits per heavy atom. The number of hydrogen-bond donors (Lipinski definition) is 2. The van der Waals surface area contributed by atoms with Crippen LogP contribution in [0.2, 0.25) is 0 Å². The Morgan fingerprint density at radius 2 is 2.00 bits per heavy atom. The Hall–Kier alpha value is -2.36. The van der Waals surface area contributed by atoms with Crippen molar-refractivity contribution in [3.63, 3.8) is 0 Å². The molecular weight excluding hydrogens is 236 g/mol. The highest BCUT2D eigenvalue weighted by molar-refractivity contribution is 5.78. The number of fused-ring (bicyclic) bond motifs is 1. The summed E-state index contributed by atoms with van der Waals surface area (Å²) in [5.74, 6) is 0.952. The summed E-state index contributed by atoms with van der Waals surface area (Å²) < 4.78 is 0. The highest BCUT2D eigenvalue weighted by Crippen LogP contribution is 2.17. The summed E-state index contributed by atoms with van der Waals surface area (Å²) in [5, 5.41) is 3.33. The van der Waals surface area contributed by atoms with Gasteiger partial charge >= 0.3 is 0 Å². The van der Waals surface area contributed by atoms with Gasteiger partial charge in [0.25, 0.3) is 0 Å². The van der Waals surface area contributed by atoms with Crippen LogP contribution in [0.15, 0.2) is 42.7 Å². The van der Waals surface area contributed by atoms with Crippen molar-refractivity contribution >= 4 is 16.7 Å². The summed E-state index contributed by atoms with van der Waals surface area (Å²) in [7, 11) is 0.